The third-order valence-corrected chi connectivity index (χ3v) is 3.94. The number of esters is 1. The van der Waals surface area contributed by atoms with E-state index in [0.29, 0.717) is 5.56 Å². The number of aromatic nitrogens is 1. The second kappa shape index (κ2) is 6.05. The number of rotatable bonds is 4. The fourth-order valence-electron chi connectivity index (χ4n) is 2.09. The number of methoxy groups -OCH3 is 1. The summed E-state index contributed by atoms with van der Waals surface area (Å²) in [5, 5.41) is 4.46. The van der Waals surface area contributed by atoms with Crippen LogP contribution >= 0.6 is 11.3 Å². The zero-order valence-corrected chi connectivity index (χ0v) is 12.9. The summed E-state index contributed by atoms with van der Waals surface area (Å²) in [7, 11) is 1.38. The van der Waals surface area contributed by atoms with E-state index in [1.54, 1.807) is 23.5 Å². The highest BCUT2D eigenvalue weighted by Gasteiger charge is 2.13. The van der Waals surface area contributed by atoms with Gasteiger partial charge in [-0.3, -0.25) is 0 Å². The molecule has 20 heavy (non-hydrogen) atoms. The van der Waals surface area contributed by atoms with Crippen molar-refractivity contribution in [1.82, 2.24) is 4.98 Å². The molecule has 0 bridgehead atoms. The molecule has 1 heterocycles. The van der Waals surface area contributed by atoms with Crippen molar-refractivity contribution in [2.75, 3.05) is 12.4 Å². The Kier molecular flexibility index (Phi) is 4.39. The Hall–Kier alpha value is -1.88. The zero-order valence-electron chi connectivity index (χ0n) is 12.1. The Morgan fingerprint density at radius 3 is 2.45 bits per heavy atom. The molecule has 0 amide bonds. The molecule has 1 atom stereocenters. The zero-order chi connectivity index (χ0) is 14.7. The first-order valence-electron chi connectivity index (χ1n) is 6.40. The second-order valence-electron chi connectivity index (χ2n) is 4.61. The maximum absolute atomic E-state index is 11.4. The molecule has 1 unspecified atom stereocenters. The molecular weight excluding hydrogens is 272 g/mol. The van der Waals surface area contributed by atoms with Gasteiger partial charge < -0.3 is 10.1 Å². The molecule has 1 N–H and O–H groups in total. The van der Waals surface area contributed by atoms with E-state index in [-0.39, 0.29) is 12.0 Å². The van der Waals surface area contributed by atoms with Crippen LogP contribution in [0, 0.1) is 13.8 Å². The number of ether oxygens (including phenoxy) is 1. The van der Waals surface area contributed by atoms with Crippen LogP contribution in [0.2, 0.25) is 0 Å². The number of aryl methyl sites for hydroxylation is 2. The van der Waals surface area contributed by atoms with Gasteiger partial charge in [-0.15, -0.1) is 11.3 Å². The summed E-state index contributed by atoms with van der Waals surface area (Å²) in [4.78, 5) is 17.1. The van der Waals surface area contributed by atoms with E-state index in [1.807, 2.05) is 19.1 Å². The summed E-state index contributed by atoms with van der Waals surface area (Å²) in [6.45, 7) is 6.17. The van der Waals surface area contributed by atoms with Gasteiger partial charge in [-0.05, 0) is 45.0 Å². The molecule has 5 heteroatoms. The van der Waals surface area contributed by atoms with Crippen LogP contribution in [0.15, 0.2) is 24.3 Å². The molecule has 1 aromatic carbocycles. The Labute approximate surface area is 122 Å². The van der Waals surface area contributed by atoms with Crippen molar-refractivity contribution in [3.8, 4) is 0 Å². The number of nitrogens with one attached hydrogen (secondary N) is 1. The number of anilines is 1. The van der Waals surface area contributed by atoms with Crippen molar-refractivity contribution in [1.29, 1.82) is 0 Å². The summed E-state index contributed by atoms with van der Waals surface area (Å²) in [5.41, 5.74) is 2.58. The van der Waals surface area contributed by atoms with Crippen LogP contribution in [0.25, 0.3) is 0 Å². The first kappa shape index (κ1) is 14.5. The molecule has 106 valence electrons. The van der Waals surface area contributed by atoms with Crippen LogP contribution in [0.5, 0.6) is 0 Å². The Bertz CT molecular complexity index is 605. The lowest BCUT2D eigenvalue weighted by Gasteiger charge is -2.14. The Morgan fingerprint density at radius 1 is 1.30 bits per heavy atom. The molecule has 0 fully saturated rings. The third-order valence-electron chi connectivity index (χ3n) is 3.04. The van der Waals surface area contributed by atoms with Gasteiger partial charge in [-0.1, -0.05) is 0 Å². The van der Waals surface area contributed by atoms with Crippen LogP contribution in [0.3, 0.4) is 0 Å². The second-order valence-corrected chi connectivity index (χ2v) is 6.02. The standard InChI is InChI=1S/C15H18N2O2S/c1-9(14-10(2)20-11(3)17-14)16-13-7-5-12(6-8-13)15(18)19-4/h5-9,16H,1-4H3. The summed E-state index contributed by atoms with van der Waals surface area (Å²) < 4.78 is 4.68. The molecular formula is C15H18N2O2S. The van der Waals surface area contributed by atoms with Gasteiger partial charge in [0.2, 0.25) is 0 Å². The van der Waals surface area contributed by atoms with Crippen molar-refractivity contribution < 1.29 is 9.53 Å². The molecule has 0 radical (unpaired) electrons. The molecule has 0 aliphatic rings. The van der Waals surface area contributed by atoms with Crippen molar-refractivity contribution in [2.45, 2.75) is 26.8 Å². The van der Waals surface area contributed by atoms with Gasteiger partial charge in [0, 0.05) is 10.6 Å². The summed E-state index contributed by atoms with van der Waals surface area (Å²) in [6.07, 6.45) is 0. The normalized spacial score (nSPS) is 12.0. The van der Waals surface area contributed by atoms with Gasteiger partial charge in [0.15, 0.2) is 0 Å². The monoisotopic (exact) mass is 290 g/mol. The predicted octanol–water partition coefficient (Wildman–Crippen LogP) is 3.72. The van der Waals surface area contributed by atoms with Crippen LogP contribution in [0.1, 0.15) is 38.9 Å². The van der Waals surface area contributed by atoms with E-state index in [9.17, 15) is 4.79 Å². The predicted molar refractivity (Wildman–Crippen MR) is 81.4 cm³/mol. The van der Waals surface area contributed by atoms with Crippen LogP contribution in [0.4, 0.5) is 5.69 Å². The van der Waals surface area contributed by atoms with E-state index in [0.717, 1.165) is 16.4 Å². The fourth-order valence-corrected chi connectivity index (χ4v) is 3.00. The molecule has 2 aromatic rings. The smallest absolute Gasteiger partial charge is 0.337 e. The SMILES string of the molecule is COC(=O)c1ccc(NC(C)c2nc(C)sc2C)cc1. The van der Waals surface area contributed by atoms with Gasteiger partial charge in [-0.25, -0.2) is 9.78 Å². The average molecular weight is 290 g/mol. The lowest BCUT2D eigenvalue weighted by Crippen LogP contribution is -2.08. The number of hydrogen-bond donors (Lipinski definition) is 1. The first-order valence-corrected chi connectivity index (χ1v) is 7.21. The number of thiazole rings is 1. The van der Waals surface area contributed by atoms with Gasteiger partial charge in [0.05, 0.1) is 29.4 Å². The van der Waals surface area contributed by atoms with E-state index in [4.69, 9.17) is 0 Å². The molecule has 0 saturated heterocycles. The number of hydrogen-bond acceptors (Lipinski definition) is 5. The minimum absolute atomic E-state index is 0.129. The highest BCUT2D eigenvalue weighted by Crippen LogP contribution is 2.25. The van der Waals surface area contributed by atoms with Crippen molar-refractivity contribution in [3.05, 3.63) is 45.4 Å². The lowest BCUT2D eigenvalue weighted by molar-refractivity contribution is 0.0601. The first-order chi connectivity index (χ1) is 9.51. The molecule has 0 aliphatic carbocycles. The van der Waals surface area contributed by atoms with Crippen LogP contribution < -0.4 is 5.32 Å². The van der Waals surface area contributed by atoms with Crippen LogP contribution in [-0.4, -0.2) is 18.1 Å². The highest BCUT2D eigenvalue weighted by molar-refractivity contribution is 7.11. The van der Waals surface area contributed by atoms with E-state index >= 15 is 0 Å². The van der Waals surface area contributed by atoms with Crippen molar-refractivity contribution in [3.63, 3.8) is 0 Å². The average Bonchev–Trinajstić information content (AvgIpc) is 2.78. The Morgan fingerprint density at radius 2 is 1.95 bits per heavy atom. The minimum atomic E-state index is -0.324. The van der Waals surface area contributed by atoms with Gasteiger partial charge >= 0.3 is 5.97 Å². The van der Waals surface area contributed by atoms with Gasteiger partial charge in [-0.2, -0.15) is 0 Å². The van der Waals surface area contributed by atoms with E-state index in [1.165, 1.54) is 12.0 Å². The maximum Gasteiger partial charge on any atom is 0.337 e. The molecule has 4 nitrogen and oxygen atoms in total. The van der Waals surface area contributed by atoms with Gasteiger partial charge in [0.1, 0.15) is 0 Å². The molecule has 0 aliphatic heterocycles. The number of nitrogens with zero attached hydrogens (tertiary/aromatic N) is 1. The summed E-state index contributed by atoms with van der Waals surface area (Å²) >= 11 is 1.71. The topological polar surface area (TPSA) is 51.2 Å². The Balaban J connectivity index is 2.10. The molecule has 0 spiro atoms. The van der Waals surface area contributed by atoms with Crippen molar-refractivity contribution in [2.24, 2.45) is 0 Å². The minimum Gasteiger partial charge on any atom is -0.465 e. The lowest BCUT2D eigenvalue weighted by atomic mass is 10.1. The summed E-state index contributed by atoms with van der Waals surface area (Å²) in [6, 6.07) is 7.37. The molecule has 0 saturated carbocycles. The molecule has 1 aromatic heterocycles. The number of benzene rings is 1. The maximum atomic E-state index is 11.4. The number of carbonyl (C=O) groups is 1. The van der Waals surface area contributed by atoms with E-state index in [2.05, 4.69) is 28.9 Å². The highest BCUT2D eigenvalue weighted by atomic mass is 32.1. The quantitative estimate of drug-likeness (QED) is 0.872. The molecule has 2 rings (SSSR count). The summed E-state index contributed by atoms with van der Waals surface area (Å²) in [5.74, 6) is -0.324. The van der Waals surface area contributed by atoms with Crippen molar-refractivity contribution >= 4 is 23.0 Å². The largest absolute Gasteiger partial charge is 0.465 e. The van der Waals surface area contributed by atoms with E-state index < -0.39 is 0 Å². The van der Waals surface area contributed by atoms with Gasteiger partial charge in [0.25, 0.3) is 0 Å². The third kappa shape index (κ3) is 3.17. The van der Waals surface area contributed by atoms with Crippen LogP contribution in [-0.2, 0) is 4.74 Å². The number of carbonyl (C=O) groups excluding carboxylic acids is 1. The fraction of sp³-hybridized carbons (Fsp3) is 0.333.